The predicted molar refractivity (Wildman–Crippen MR) is 129 cm³/mol. The summed E-state index contributed by atoms with van der Waals surface area (Å²) >= 11 is 0. The molecule has 2 rings (SSSR count). The summed E-state index contributed by atoms with van der Waals surface area (Å²) in [5, 5.41) is 8.54. The van der Waals surface area contributed by atoms with Crippen molar-refractivity contribution in [2.75, 3.05) is 6.61 Å². The highest BCUT2D eigenvalue weighted by Crippen LogP contribution is 2.66. The number of ether oxygens (including phenoxy) is 2. The van der Waals surface area contributed by atoms with Crippen molar-refractivity contribution < 1.29 is 29.0 Å². The van der Waals surface area contributed by atoms with Gasteiger partial charge in [-0.15, -0.1) is 0 Å². The molecule has 0 aromatic heterocycles. The third-order valence-corrected chi connectivity index (χ3v) is 7.49. The van der Waals surface area contributed by atoms with Gasteiger partial charge in [0.1, 0.15) is 6.10 Å². The highest BCUT2D eigenvalue weighted by molar-refractivity contribution is 5.93. The molecule has 33 heavy (non-hydrogen) atoms. The lowest BCUT2D eigenvalue weighted by atomic mass is 9.70. The van der Waals surface area contributed by atoms with Crippen molar-refractivity contribution in [3.8, 4) is 0 Å². The smallest absolute Gasteiger partial charge is 0.337 e. The topological polar surface area (TPSA) is 89.9 Å². The van der Waals surface area contributed by atoms with Crippen molar-refractivity contribution >= 4 is 17.9 Å². The van der Waals surface area contributed by atoms with Gasteiger partial charge in [0.2, 0.25) is 0 Å². The van der Waals surface area contributed by atoms with Gasteiger partial charge in [-0.05, 0) is 49.0 Å². The minimum Gasteiger partial charge on any atom is -0.478 e. The van der Waals surface area contributed by atoms with Gasteiger partial charge in [0.05, 0.1) is 12.2 Å². The maximum absolute atomic E-state index is 12.0. The van der Waals surface area contributed by atoms with Crippen LogP contribution in [0.5, 0.6) is 0 Å². The number of fused-ring (bicyclic) bond motifs is 2. The van der Waals surface area contributed by atoms with Crippen LogP contribution in [0.2, 0.25) is 0 Å². The molecule has 0 aromatic carbocycles. The van der Waals surface area contributed by atoms with Crippen LogP contribution in [-0.4, -0.2) is 35.7 Å². The van der Waals surface area contributed by atoms with Gasteiger partial charge in [-0.25, -0.2) is 14.4 Å². The van der Waals surface area contributed by atoms with Gasteiger partial charge in [-0.2, -0.15) is 0 Å². The van der Waals surface area contributed by atoms with E-state index in [-0.39, 0.29) is 28.5 Å². The van der Waals surface area contributed by atoms with Crippen LogP contribution in [0, 0.1) is 22.7 Å². The highest BCUT2D eigenvalue weighted by Gasteiger charge is 2.62. The lowest BCUT2D eigenvalue weighted by Crippen LogP contribution is -2.38. The van der Waals surface area contributed by atoms with E-state index in [1.165, 1.54) is 31.4 Å². The maximum atomic E-state index is 12.0. The van der Waals surface area contributed by atoms with Gasteiger partial charge in [0.15, 0.2) is 0 Å². The molecular weight excluding hydrogens is 420 g/mol. The summed E-state index contributed by atoms with van der Waals surface area (Å²) in [6, 6.07) is 0. The molecule has 3 unspecified atom stereocenters. The monoisotopic (exact) mass is 462 g/mol. The van der Waals surface area contributed by atoms with Crippen molar-refractivity contribution in [3.05, 3.63) is 37.0 Å². The van der Waals surface area contributed by atoms with E-state index in [1.807, 2.05) is 0 Å². The van der Waals surface area contributed by atoms with E-state index in [4.69, 9.17) is 14.6 Å². The Hall–Kier alpha value is -2.37. The molecule has 0 spiro atoms. The Labute approximate surface area is 199 Å². The second-order valence-corrected chi connectivity index (χ2v) is 10.3. The first-order valence-corrected chi connectivity index (χ1v) is 11.9. The number of esters is 2. The SMILES string of the molecule is C=C(C=CC(=O)O)C(=O)OC1CC2CCC1(C)C2(C)C.C=CC(=O)OCCCCCC(C)C. The molecular formula is C27H42O6. The molecule has 1 N–H and O–H groups in total. The Bertz CT molecular complexity index is 748. The van der Waals surface area contributed by atoms with E-state index < -0.39 is 11.9 Å². The first-order valence-electron chi connectivity index (χ1n) is 11.9. The quantitative estimate of drug-likeness (QED) is 0.179. The van der Waals surface area contributed by atoms with Crippen LogP contribution in [0.3, 0.4) is 0 Å². The molecule has 2 aliphatic rings. The fourth-order valence-electron chi connectivity index (χ4n) is 4.82. The molecule has 186 valence electrons. The fraction of sp³-hybridized carbons (Fsp3) is 0.667. The zero-order chi connectivity index (χ0) is 25.2. The molecule has 0 heterocycles. The number of carboxylic acids is 1. The molecule has 6 heteroatoms. The molecule has 0 saturated heterocycles. The van der Waals surface area contributed by atoms with Crippen LogP contribution < -0.4 is 0 Å². The second kappa shape index (κ2) is 12.8. The minimum atomic E-state index is -1.10. The number of carbonyl (C=O) groups is 3. The molecule has 3 atom stereocenters. The van der Waals surface area contributed by atoms with Crippen molar-refractivity contribution in [2.45, 2.75) is 85.7 Å². The molecule has 0 radical (unpaired) electrons. The molecule has 6 nitrogen and oxygen atoms in total. The Kier molecular flexibility index (Phi) is 11.1. The molecule has 2 fully saturated rings. The number of unbranched alkanes of at least 4 members (excludes halogenated alkanes) is 2. The summed E-state index contributed by atoms with van der Waals surface area (Å²) in [6.45, 7) is 18.5. The Morgan fingerprint density at radius 3 is 2.27 bits per heavy atom. The number of hydrogen-bond acceptors (Lipinski definition) is 5. The Morgan fingerprint density at radius 1 is 1.12 bits per heavy atom. The number of aliphatic carboxylic acids is 1. The zero-order valence-corrected chi connectivity index (χ0v) is 21.0. The molecule has 0 amide bonds. The van der Waals surface area contributed by atoms with E-state index in [2.05, 4.69) is 47.8 Å². The van der Waals surface area contributed by atoms with Crippen LogP contribution in [-0.2, 0) is 23.9 Å². The average molecular weight is 463 g/mol. The first kappa shape index (κ1) is 28.7. The van der Waals surface area contributed by atoms with Crippen molar-refractivity contribution in [1.82, 2.24) is 0 Å². The largest absolute Gasteiger partial charge is 0.478 e. The lowest BCUT2D eigenvalue weighted by molar-refractivity contribution is -0.151. The fourth-order valence-corrected chi connectivity index (χ4v) is 4.82. The van der Waals surface area contributed by atoms with Gasteiger partial charge >= 0.3 is 17.9 Å². The van der Waals surface area contributed by atoms with E-state index >= 15 is 0 Å². The normalized spacial score (nSPS) is 24.8. The van der Waals surface area contributed by atoms with E-state index in [0.29, 0.717) is 12.5 Å². The highest BCUT2D eigenvalue weighted by atomic mass is 16.5. The second-order valence-electron chi connectivity index (χ2n) is 10.3. The zero-order valence-electron chi connectivity index (χ0n) is 21.0. The van der Waals surface area contributed by atoms with Crippen molar-refractivity contribution in [1.29, 1.82) is 0 Å². The summed E-state index contributed by atoms with van der Waals surface area (Å²) < 4.78 is 10.4. The summed E-state index contributed by atoms with van der Waals surface area (Å²) in [4.78, 5) is 33.0. The van der Waals surface area contributed by atoms with E-state index in [0.717, 1.165) is 37.7 Å². The van der Waals surface area contributed by atoms with E-state index in [9.17, 15) is 14.4 Å². The molecule has 2 bridgehead atoms. The van der Waals surface area contributed by atoms with Crippen LogP contribution in [0.1, 0.15) is 79.6 Å². The van der Waals surface area contributed by atoms with Crippen LogP contribution in [0.25, 0.3) is 0 Å². The summed E-state index contributed by atoms with van der Waals surface area (Å²) in [5.41, 5.74) is 0.261. The molecule has 0 aromatic rings. The summed E-state index contributed by atoms with van der Waals surface area (Å²) in [5.74, 6) is -0.572. The number of carboxylic acid groups (broad SMARTS) is 1. The van der Waals surface area contributed by atoms with Gasteiger partial charge in [-0.1, -0.05) is 67.0 Å². The van der Waals surface area contributed by atoms with Crippen molar-refractivity contribution in [2.24, 2.45) is 22.7 Å². The van der Waals surface area contributed by atoms with Gasteiger partial charge in [0, 0.05) is 17.6 Å². The Morgan fingerprint density at radius 2 is 1.79 bits per heavy atom. The van der Waals surface area contributed by atoms with E-state index in [1.54, 1.807) is 0 Å². The maximum Gasteiger partial charge on any atom is 0.337 e. The minimum absolute atomic E-state index is 0.00409. The number of carbonyl (C=O) groups excluding carboxylic acids is 2. The summed E-state index contributed by atoms with van der Waals surface area (Å²) in [7, 11) is 0. The Balaban J connectivity index is 0.000000366. The molecule has 2 aliphatic carbocycles. The van der Waals surface area contributed by atoms with Crippen molar-refractivity contribution in [3.63, 3.8) is 0 Å². The number of rotatable bonds is 11. The molecule has 2 saturated carbocycles. The van der Waals surface area contributed by atoms with Crippen LogP contribution in [0.4, 0.5) is 0 Å². The standard InChI is InChI=1S/C16H22O4.C11H20O2/c1-10(5-6-13(17)18)14(19)20-12-9-11-7-8-16(12,4)15(11,2)3;1-4-11(12)13-9-7-5-6-8-10(2)3/h5-6,11-12H,1,7-9H2,2-4H3,(H,17,18);4,10H,1,5-9H2,2-3H3. The summed E-state index contributed by atoms with van der Waals surface area (Å²) in [6.07, 6.45) is 10.9. The lowest BCUT2D eigenvalue weighted by Gasteiger charge is -2.38. The third kappa shape index (κ3) is 8.17. The van der Waals surface area contributed by atoms with Crippen LogP contribution >= 0.6 is 0 Å². The molecule has 0 aliphatic heterocycles. The van der Waals surface area contributed by atoms with Crippen LogP contribution in [0.15, 0.2) is 37.0 Å². The predicted octanol–water partition coefficient (Wildman–Crippen LogP) is 5.87. The first-order chi connectivity index (χ1) is 15.3. The van der Waals surface area contributed by atoms with Gasteiger partial charge in [-0.3, -0.25) is 0 Å². The van der Waals surface area contributed by atoms with Gasteiger partial charge in [0.25, 0.3) is 0 Å². The number of hydrogen-bond donors (Lipinski definition) is 1. The average Bonchev–Trinajstić information content (AvgIpc) is 3.08. The van der Waals surface area contributed by atoms with Gasteiger partial charge < -0.3 is 14.6 Å². The third-order valence-electron chi connectivity index (χ3n) is 7.49.